The van der Waals surface area contributed by atoms with Gasteiger partial charge in [0.1, 0.15) is 0 Å². The number of nitrogens with two attached hydrogens (primary N) is 1. The van der Waals surface area contributed by atoms with Crippen molar-refractivity contribution in [2.45, 2.75) is 25.8 Å². The van der Waals surface area contributed by atoms with E-state index in [1.165, 1.54) is 6.42 Å². The maximum Gasteiger partial charge on any atom is 0.253 e. The Kier molecular flexibility index (Phi) is 6.04. The smallest absolute Gasteiger partial charge is 0.253 e. The van der Waals surface area contributed by atoms with E-state index in [0.717, 1.165) is 44.6 Å². The Morgan fingerprint density at radius 2 is 1.48 bits per heavy atom. The van der Waals surface area contributed by atoms with Crippen molar-refractivity contribution < 1.29 is 9.59 Å². The molecule has 136 valence electrons. The Labute approximate surface area is 149 Å². The molecule has 6 heteroatoms. The summed E-state index contributed by atoms with van der Waals surface area (Å²) in [6.45, 7) is 5.62. The molecule has 2 fully saturated rings. The first-order valence-corrected chi connectivity index (χ1v) is 9.26. The van der Waals surface area contributed by atoms with Gasteiger partial charge in [-0.3, -0.25) is 14.5 Å². The van der Waals surface area contributed by atoms with Gasteiger partial charge in [-0.05, 0) is 37.0 Å². The lowest BCUT2D eigenvalue weighted by Gasteiger charge is -2.36. The number of benzene rings is 1. The molecule has 2 aliphatic heterocycles. The number of likely N-dealkylation sites (tertiary alicyclic amines) is 1. The number of hydrogen-bond donors (Lipinski definition) is 1. The van der Waals surface area contributed by atoms with E-state index in [-0.39, 0.29) is 11.8 Å². The van der Waals surface area contributed by atoms with Crippen molar-refractivity contribution in [2.24, 2.45) is 5.73 Å². The largest absolute Gasteiger partial charge is 0.342 e. The third-order valence-corrected chi connectivity index (χ3v) is 5.16. The first kappa shape index (κ1) is 17.9. The number of piperazine rings is 1. The van der Waals surface area contributed by atoms with Gasteiger partial charge in [0.25, 0.3) is 5.91 Å². The minimum atomic E-state index is 0.0607. The summed E-state index contributed by atoms with van der Waals surface area (Å²) in [5, 5.41) is 0. The third kappa shape index (κ3) is 4.58. The van der Waals surface area contributed by atoms with E-state index in [0.29, 0.717) is 31.7 Å². The molecular weight excluding hydrogens is 316 g/mol. The Balaban J connectivity index is 1.47. The van der Waals surface area contributed by atoms with Gasteiger partial charge < -0.3 is 15.5 Å². The first-order chi connectivity index (χ1) is 12.2. The average molecular weight is 344 g/mol. The normalized spacial score (nSPS) is 19.1. The van der Waals surface area contributed by atoms with Gasteiger partial charge in [-0.25, -0.2) is 0 Å². The topological polar surface area (TPSA) is 69.9 Å². The summed E-state index contributed by atoms with van der Waals surface area (Å²) in [5.41, 5.74) is 7.33. The van der Waals surface area contributed by atoms with Crippen LogP contribution in [0.4, 0.5) is 0 Å². The zero-order valence-electron chi connectivity index (χ0n) is 14.8. The molecule has 6 nitrogen and oxygen atoms in total. The molecule has 2 N–H and O–H groups in total. The van der Waals surface area contributed by atoms with Crippen LogP contribution in [0.25, 0.3) is 0 Å². The van der Waals surface area contributed by atoms with E-state index < -0.39 is 0 Å². The molecule has 0 bridgehead atoms. The molecule has 0 aliphatic carbocycles. The fraction of sp³-hybridized carbons (Fsp3) is 0.579. The second-order valence-corrected chi connectivity index (χ2v) is 6.91. The number of amides is 2. The zero-order valence-corrected chi connectivity index (χ0v) is 14.8. The predicted molar refractivity (Wildman–Crippen MR) is 97.1 cm³/mol. The van der Waals surface area contributed by atoms with Crippen LogP contribution in [0.3, 0.4) is 0 Å². The molecule has 1 aromatic rings. The molecule has 0 unspecified atom stereocenters. The molecule has 2 saturated heterocycles. The van der Waals surface area contributed by atoms with Gasteiger partial charge in [-0.2, -0.15) is 0 Å². The first-order valence-electron chi connectivity index (χ1n) is 9.26. The highest BCUT2D eigenvalue weighted by Crippen LogP contribution is 2.12. The summed E-state index contributed by atoms with van der Waals surface area (Å²) in [5.74, 6) is 0.294. The van der Waals surface area contributed by atoms with Crippen LogP contribution in [0.1, 0.15) is 35.2 Å². The van der Waals surface area contributed by atoms with Crippen LogP contribution >= 0.6 is 0 Å². The van der Waals surface area contributed by atoms with Crippen LogP contribution in [-0.4, -0.2) is 72.3 Å². The lowest BCUT2D eigenvalue weighted by atomic mass is 10.1. The van der Waals surface area contributed by atoms with Crippen molar-refractivity contribution in [1.82, 2.24) is 14.7 Å². The molecule has 0 radical (unpaired) electrons. The van der Waals surface area contributed by atoms with Gasteiger partial charge in [0.15, 0.2) is 0 Å². The Morgan fingerprint density at radius 3 is 2.08 bits per heavy atom. The van der Waals surface area contributed by atoms with Crippen LogP contribution in [-0.2, 0) is 11.3 Å². The van der Waals surface area contributed by atoms with Crippen molar-refractivity contribution in [3.8, 4) is 0 Å². The molecule has 0 spiro atoms. The summed E-state index contributed by atoms with van der Waals surface area (Å²) in [6.07, 6.45) is 3.48. The summed E-state index contributed by atoms with van der Waals surface area (Å²) >= 11 is 0. The van der Waals surface area contributed by atoms with Crippen molar-refractivity contribution in [1.29, 1.82) is 0 Å². The Hall–Kier alpha value is -1.92. The van der Waals surface area contributed by atoms with Gasteiger partial charge in [0.2, 0.25) is 5.91 Å². The molecule has 0 saturated carbocycles. The summed E-state index contributed by atoms with van der Waals surface area (Å²) in [6, 6.07) is 7.50. The lowest BCUT2D eigenvalue weighted by Crippen LogP contribution is -2.52. The van der Waals surface area contributed by atoms with E-state index in [1.807, 2.05) is 34.1 Å². The van der Waals surface area contributed by atoms with Crippen molar-refractivity contribution >= 4 is 11.8 Å². The highest BCUT2D eigenvalue weighted by atomic mass is 16.2. The molecule has 2 heterocycles. The van der Waals surface area contributed by atoms with E-state index in [9.17, 15) is 9.59 Å². The second kappa shape index (κ2) is 8.45. The molecular formula is C19H28N4O2. The average Bonchev–Trinajstić information content (AvgIpc) is 2.69. The van der Waals surface area contributed by atoms with Gasteiger partial charge >= 0.3 is 0 Å². The van der Waals surface area contributed by atoms with Crippen molar-refractivity contribution in [3.05, 3.63) is 35.4 Å². The van der Waals surface area contributed by atoms with E-state index in [4.69, 9.17) is 5.73 Å². The van der Waals surface area contributed by atoms with Crippen LogP contribution in [0, 0.1) is 0 Å². The predicted octanol–water partition coefficient (Wildman–Crippen LogP) is 0.916. The molecule has 1 aromatic carbocycles. The molecule has 25 heavy (non-hydrogen) atoms. The van der Waals surface area contributed by atoms with E-state index >= 15 is 0 Å². The highest BCUT2D eigenvalue weighted by Gasteiger charge is 2.25. The fourth-order valence-corrected chi connectivity index (χ4v) is 3.51. The van der Waals surface area contributed by atoms with E-state index in [1.54, 1.807) is 0 Å². The van der Waals surface area contributed by atoms with Gasteiger partial charge in [0, 0.05) is 51.4 Å². The quantitative estimate of drug-likeness (QED) is 0.882. The number of nitrogens with zero attached hydrogens (tertiary/aromatic N) is 3. The summed E-state index contributed by atoms with van der Waals surface area (Å²) in [4.78, 5) is 31.0. The Bertz CT molecular complexity index is 588. The standard InChI is InChI=1S/C19H28N4O2/c20-14-16-4-6-17(7-5-16)19(25)23-12-10-21(11-13-23)15-18(24)22-8-2-1-3-9-22/h4-7H,1-3,8-15,20H2. The maximum absolute atomic E-state index is 12.6. The van der Waals surface area contributed by atoms with Crippen molar-refractivity contribution in [2.75, 3.05) is 45.8 Å². The number of piperidine rings is 1. The van der Waals surface area contributed by atoms with Crippen molar-refractivity contribution in [3.63, 3.8) is 0 Å². The van der Waals surface area contributed by atoms with E-state index in [2.05, 4.69) is 4.90 Å². The lowest BCUT2D eigenvalue weighted by molar-refractivity contribution is -0.133. The zero-order chi connectivity index (χ0) is 17.6. The minimum Gasteiger partial charge on any atom is -0.342 e. The molecule has 2 amide bonds. The Morgan fingerprint density at radius 1 is 0.840 bits per heavy atom. The SMILES string of the molecule is NCc1ccc(C(=O)N2CCN(CC(=O)N3CCCCC3)CC2)cc1. The van der Waals surface area contributed by atoms with Crippen LogP contribution < -0.4 is 5.73 Å². The van der Waals surface area contributed by atoms with Gasteiger partial charge in [-0.1, -0.05) is 12.1 Å². The number of hydrogen-bond acceptors (Lipinski definition) is 4. The van der Waals surface area contributed by atoms with Gasteiger partial charge in [-0.15, -0.1) is 0 Å². The maximum atomic E-state index is 12.6. The number of carbonyl (C=O) groups is 2. The minimum absolute atomic E-state index is 0.0607. The molecule has 0 atom stereocenters. The second-order valence-electron chi connectivity index (χ2n) is 6.91. The number of carbonyl (C=O) groups excluding carboxylic acids is 2. The summed E-state index contributed by atoms with van der Waals surface area (Å²) in [7, 11) is 0. The van der Waals surface area contributed by atoms with Crippen LogP contribution in [0.5, 0.6) is 0 Å². The molecule has 0 aromatic heterocycles. The van der Waals surface area contributed by atoms with Gasteiger partial charge in [0.05, 0.1) is 6.54 Å². The third-order valence-electron chi connectivity index (χ3n) is 5.16. The highest BCUT2D eigenvalue weighted by molar-refractivity contribution is 5.94. The summed E-state index contributed by atoms with van der Waals surface area (Å²) < 4.78 is 0. The fourth-order valence-electron chi connectivity index (χ4n) is 3.51. The monoisotopic (exact) mass is 344 g/mol. The molecule has 3 rings (SSSR count). The van der Waals surface area contributed by atoms with Crippen LogP contribution in [0.15, 0.2) is 24.3 Å². The number of rotatable bonds is 4. The molecule has 2 aliphatic rings. The van der Waals surface area contributed by atoms with Crippen LogP contribution in [0.2, 0.25) is 0 Å².